The number of aliphatic hydroxyl groups excluding tert-OH is 1. The van der Waals surface area contributed by atoms with Gasteiger partial charge in [0, 0.05) is 11.8 Å². The highest BCUT2D eigenvalue weighted by atomic mass is 28.4. The van der Waals surface area contributed by atoms with E-state index in [-0.39, 0.29) is 36.6 Å². The Kier molecular flexibility index (Phi) is 14.1. The summed E-state index contributed by atoms with van der Waals surface area (Å²) < 4.78 is 42.3. The molecule has 0 aliphatic carbocycles. The van der Waals surface area contributed by atoms with E-state index < -0.39 is 55.1 Å². The van der Waals surface area contributed by atoms with E-state index in [1.165, 1.54) is 0 Å². The van der Waals surface area contributed by atoms with Crippen LogP contribution in [0.2, 0.25) is 16.6 Å². The van der Waals surface area contributed by atoms with Gasteiger partial charge < -0.3 is 38.0 Å². The first kappa shape index (κ1) is 42.1. The molecule has 0 spiro atoms. The van der Waals surface area contributed by atoms with Crippen LogP contribution >= 0.6 is 0 Å². The number of benzene rings is 2. The Morgan fingerprint density at radius 1 is 0.706 bits per heavy atom. The van der Waals surface area contributed by atoms with Gasteiger partial charge in [0.2, 0.25) is 15.1 Å². The molecule has 1 N–H and O–H groups in total. The Balaban J connectivity index is 2.36. The lowest BCUT2D eigenvalue weighted by Crippen LogP contribution is -2.51. The summed E-state index contributed by atoms with van der Waals surface area (Å²) in [6.45, 7) is 23.8. The predicted octanol–water partition coefficient (Wildman–Crippen LogP) is 8.81. The first-order valence-corrected chi connectivity index (χ1v) is 20.1. The van der Waals surface area contributed by atoms with Crippen LogP contribution in [0, 0.1) is 22.7 Å². The van der Waals surface area contributed by atoms with E-state index in [1.54, 1.807) is 74.0 Å². The smallest absolute Gasteiger partial charge is 0.311 e. The lowest BCUT2D eigenvalue weighted by Gasteiger charge is -2.47. The minimum absolute atomic E-state index is 0.0778. The standard InChI is InChI=1S/C40H62O10Si/c1-24(2)51(25(3)4,26(5)6)50-36(28-16-17-31(44-13)33(20-28)45-14)30(22-47-38(43)40(10,11)12)29(21-46-37(42)39(7,8)9)35(41)27-15-18-32-34(19-27)49-23-48-32/h15-20,24-26,29-30,35-36,41H,21-23H2,1-14H3/t29-,30-,35+,36+/m1/s1. The fourth-order valence-corrected chi connectivity index (χ4v) is 12.6. The zero-order valence-electron chi connectivity index (χ0n) is 33.2. The maximum atomic E-state index is 13.4. The highest BCUT2D eigenvalue weighted by Crippen LogP contribution is 2.50. The number of hydrogen-bond acceptors (Lipinski definition) is 10. The minimum Gasteiger partial charge on any atom is -0.493 e. The number of methoxy groups -OCH3 is 2. The minimum atomic E-state index is -2.67. The quantitative estimate of drug-likeness (QED) is 0.133. The van der Waals surface area contributed by atoms with Crippen molar-refractivity contribution >= 4 is 20.3 Å². The Bertz CT molecular complexity index is 1450. The third-order valence-electron chi connectivity index (χ3n) is 9.90. The Morgan fingerprint density at radius 2 is 1.20 bits per heavy atom. The number of rotatable bonds is 16. The molecule has 1 aliphatic heterocycles. The topological polar surface area (TPSA) is 119 Å². The highest BCUT2D eigenvalue weighted by Gasteiger charge is 2.50. The lowest BCUT2D eigenvalue weighted by molar-refractivity contribution is -0.164. The first-order valence-electron chi connectivity index (χ1n) is 18.0. The molecule has 3 rings (SSSR count). The molecule has 11 heteroatoms. The molecule has 0 unspecified atom stereocenters. The molecular weight excluding hydrogens is 669 g/mol. The summed E-state index contributed by atoms with van der Waals surface area (Å²) in [5.74, 6) is -0.196. The van der Waals surface area contributed by atoms with Crippen molar-refractivity contribution in [2.24, 2.45) is 22.7 Å². The Labute approximate surface area is 306 Å². The van der Waals surface area contributed by atoms with Gasteiger partial charge in [0.25, 0.3) is 0 Å². The van der Waals surface area contributed by atoms with E-state index in [2.05, 4.69) is 41.5 Å². The van der Waals surface area contributed by atoms with Crippen molar-refractivity contribution in [3.63, 3.8) is 0 Å². The molecule has 1 aliphatic rings. The summed E-state index contributed by atoms with van der Waals surface area (Å²) in [5.41, 5.74) is 0.316. The summed E-state index contributed by atoms with van der Waals surface area (Å²) >= 11 is 0. The fourth-order valence-electron chi connectivity index (χ4n) is 7.07. The Hall–Kier alpha value is -3.28. The number of aliphatic hydroxyl groups is 1. The monoisotopic (exact) mass is 730 g/mol. The van der Waals surface area contributed by atoms with Gasteiger partial charge in [-0.2, -0.15) is 0 Å². The van der Waals surface area contributed by atoms with Gasteiger partial charge in [-0.1, -0.05) is 53.7 Å². The average molecular weight is 731 g/mol. The van der Waals surface area contributed by atoms with Crippen molar-refractivity contribution in [2.75, 3.05) is 34.2 Å². The SMILES string of the molecule is COc1ccc([C@H](O[Si](C(C)C)(C(C)C)C(C)C)[C@H](COC(=O)C(C)(C)C)[C@@H](COC(=O)C(C)(C)C)[C@@H](O)c2ccc3c(c2)OCO3)cc1OC. The van der Waals surface area contributed by atoms with Crippen LogP contribution in [0.25, 0.3) is 0 Å². The summed E-state index contributed by atoms with van der Waals surface area (Å²) in [4.78, 5) is 26.8. The van der Waals surface area contributed by atoms with Crippen LogP contribution in [0.15, 0.2) is 36.4 Å². The van der Waals surface area contributed by atoms with E-state index in [0.29, 0.717) is 28.6 Å². The third-order valence-corrected chi connectivity index (χ3v) is 16.0. The second-order valence-electron chi connectivity index (χ2n) is 16.6. The van der Waals surface area contributed by atoms with Gasteiger partial charge in [-0.15, -0.1) is 0 Å². The van der Waals surface area contributed by atoms with Crippen LogP contribution in [-0.4, -0.2) is 59.6 Å². The van der Waals surface area contributed by atoms with Gasteiger partial charge in [-0.3, -0.25) is 9.59 Å². The van der Waals surface area contributed by atoms with E-state index in [4.69, 9.17) is 32.8 Å². The summed E-state index contributed by atoms with van der Waals surface area (Å²) in [6.07, 6.45) is -1.91. The summed E-state index contributed by atoms with van der Waals surface area (Å²) in [7, 11) is 0.491. The van der Waals surface area contributed by atoms with Gasteiger partial charge in [-0.25, -0.2) is 0 Å². The van der Waals surface area contributed by atoms with Gasteiger partial charge in [0.05, 0.1) is 50.5 Å². The van der Waals surface area contributed by atoms with Gasteiger partial charge in [0.1, 0.15) is 0 Å². The third kappa shape index (κ3) is 9.78. The van der Waals surface area contributed by atoms with Crippen LogP contribution in [0.1, 0.15) is 106 Å². The van der Waals surface area contributed by atoms with E-state index >= 15 is 0 Å². The maximum absolute atomic E-state index is 13.4. The first-order chi connectivity index (χ1) is 23.7. The van der Waals surface area contributed by atoms with Crippen LogP contribution in [0.4, 0.5) is 0 Å². The average Bonchev–Trinajstić information content (AvgIpc) is 3.53. The zero-order valence-corrected chi connectivity index (χ0v) is 34.2. The highest BCUT2D eigenvalue weighted by molar-refractivity contribution is 6.77. The van der Waals surface area contributed by atoms with Crippen LogP contribution < -0.4 is 18.9 Å². The molecule has 4 atom stereocenters. The van der Waals surface area contributed by atoms with Crippen molar-refractivity contribution in [3.8, 4) is 23.0 Å². The second kappa shape index (κ2) is 17.0. The molecule has 10 nitrogen and oxygen atoms in total. The molecule has 0 aromatic heterocycles. The zero-order chi connectivity index (χ0) is 38.5. The normalized spacial score (nSPS) is 15.8. The van der Waals surface area contributed by atoms with Crippen molar-refractivity contribution < 1.29 is 47.5 Å². The second-order valence-corrected chi connectivity index (χ2v) is 22.0. The summed E-state index contributed by atoms with van der Waals surface area (Å²) in [5, 5.41) is 12.4. The molecule has 2 aromatic rings. The van der Waals surface area contributed by atoms with Crippen LogP contribution in [0.5, 0.6) is 23.0 Å². The number of carbonyl (C=O) groups excluding carboxylic acids is 2. The summed E-state index contributed by atoms with van der Waals surface area (Å²) in [6, 6.07) is 10.9. The van der Waals surface area contributed by atoms with E-state index in [9.17, 15) is 14.7 Å². The Morgan fingerprint density at radius 3 is 1.69 bits per heavy atom. The molecule has 0 bridgehead atoms. The molecular formula is C40H62O10Si. The fraction of sp³-hybridized carbons (Fsp3) is 0.650. The van der Waals surface area contributed by atoms with Crippen molar-refractivity contribution in [1.29, 1.82) is 0 Å². The van der Waals surface area contributed by atoms with Crippen molar-refractivity contribution in [2.45, 2.75) is 112 Å². The van der Waals surface area contributed by atoms with E-state index in [1.807, 2.05) is 18.2 Å². The molecule has 0 amide bonds. The number of esters is 2. The lowest BCUT2D eigenvalue weighted by atomic mass is 9.79. The van der Waals surface area contributed by atoms with Gasteiger partial charge >= 0.3 is 11.9 Å². The maximum Gasteiger partial charge on any atom is 0.311 e. The molecule has 0 radical (unpaired) electrons. The number of hydrogen-bond donors (Lipinski definition) is 1. The molecule has 1 heterocycles. The van der Waals surface area contributed by atoms with Gasteiger partial charge in [0.15, 0.2) is 23.0 Å². The molecule has 286 valence electrons. The van der Waals surface area contributed by atoms with Crippen molar-refractivity contribution in [1.82, 2.24) is 0 Å². The molecule has 0 saturated heterocycles. The van der Waals surface area contributed by atoms with Crippen molar-refractivity contribution in [3.05, 3.63) is 47.5 Å². The number of carbonyl (C=O) groups is 2. The molecule has 2 aromatic carbocycles. The van der Waals surface area contributed by atoms with Crippen LogP contribution in [-0.2, 0) is 23.5 Å². The van der Waals surface area contributed by atoms with Crippen LogP contribution in [0.3, 0.4) is 0 Å². The molecule has 51 heavy (non-hydrogen) atoms. The molecule has 0 fully saturated rings. The predicted molar refractivity (Wildman–Crippen MR) is 200 cm³/mol. The van der Waals surface area contributed by atoms with Gasteiger partial charge in [-0.05, 0) is 93.6 Å². The number of fused-ring (bicyclic) bond motifs is 1. The molecule has 0 saturated carbocycles. The largest absolute Gasteiger partial charge is 0.493 e. The number of ether oxygens (including phenoxy) is 6. The van der Waals surface area contributed by atoms with E-state index in [0.717, 1.165) is 5.56 Å².